The molecule has 4 nitrogen and oxygen atoms in total. The molecule has 0 spiro atoms. The number of carbonyl (C=O) groups is 1. The lowest BCUT2D eigenvalue weighted by atomic mass is 10.2. The lowest BCUT2D eigenvalue weighted by molar-refractivity contribution is -0.131. The molecule has 2 aromatic carbocycles. The summed E-state index contributed by atoms with van der Waals surface area (Å²) < 4.78 is 24.0. The molecule has 2 aromatic rings. The van der Waals surface area contributed by atoms with E-state index in [1.54, 1.807) is 30.3 Å². The van der Waals surface area contributed by atoms with Gasteiger partial charge in [-0.1, -0.05) is 18.2 Å². The van der Waals surface area contributed by atoms with E-state index in [0.29, 0.717) is 22.6 Å². The third-order valence-electron chi connectivity index (χ3n) is 2.89. The zero-order chi connectivity index (χ0) is 15.9. The number of hydrogen-bond donors (Lipinski definition) is 1. The van der Waals surface area contributed by atoms with Gasteiger partial charge in [0.25, 0.3) is 0 Å². The molecule has 0 unspecified atom stereocenters. The van der Waals surface area contributed by atoms with Crippen LogP contribution in [0.4, 0.5) is 4.39 Å². The van der Waals surface area contributed by atoms with Crippen molar-refractivity contribution in [3.63, 3.8) is 0 Å². The maximum absolute atomic E-state index is 13.1. The van der Waals surface area contributed by atoms with E-state index in [0.717, 1.165) is 6.08 Å². The molecule has 0 aliphatic rings. The number of hydrogen-bond acceptors (Lipinski definition) is 3. The zero-order valence-electron chi connectivity index (χ0n) is 12.0. The third-order valence-corrected chi connectivity index (χ3v) is 2.89. The molecule has 0 aliphatic carbocycles. The second-order valence-electron chi connectivity index (χ2n) is 4.50. The average molecular weight is 302 g/mol. The molecule has 0 heterocycles. The number of carboxylic acid groups (broad SMARTS) is 1. The van der Waals surface area contributed by atoms with Gasteiger partial charge in [-0.2, -0.15) is 0 Å². The Morgan fingerprint density at radius 1 is 1.23 bits per heavy atom. The van der Waals surface area contributed by atoms with Crippen LogP contribution in [0.5, 0.6) is 11.5 Å². The fourth-order valence-corrected chi connectivity index (χ4v) is 1.87. The Kier molecular flexibility index (Phi) is 5.14. The summed E-state index contributed by atoms with van der Waals surface area (Å²) in [7, 11) is 1.51. The van der Waals surface area contributed by atoms with Gasteiger partial charge in [0.15, 0.2) is 11.5 Å². The summed E-state index contributed by atoms with van der Waals surface area (Å²) in [5, 5.41) is 8.64. The molecular weight excluding hydrogens is 287 g/mol. The van der Waals surface area contributed by atoms with Gasteiger partial charge in [0.05, 0.1) is 7.11 Å². The second-order valence-corrected chi connectivity index (χ2v) is 4.50. The quantitative estimate of drug-likeness (QED) is 0.830. The smallest absolute Gasteiger partial charge is 0.328 e. The minimum Gasteiger partial charge on any atom is -0.493 e. The van der Waals surface area contributed by atoms with E-state index in [9.17, 15) is 9.18 Å². The molecule has 0 saturated carbocycles. The third kappa shape index (κ3) is 4.34. The molecule has 0 bridgehead atoms. The summed E-state index contributed by atoms with van der Waals surface area (Å²) in [6, 6.07) is 11.2. The van der Waals surface area contributed by atoms with Gasteiger partial charge in [0.1, 0.15) is 12.4 Å². The summed E-state index contributed by atoms with van der Waals surface area (Å²) in [5.74, 6) is -0.382. The lowest BCUT2D eigenvalue weighted by Gasteiger charge is -2.11. The van der Waals surface area contributed by atoms with E-state index in [4.69, 9.17) is 14.6 Å². The van der Waals surface area contributed by atoms with Crippen molar-refractivity contribution in [2.75, 3.05) is 7.11 Å². The molecule has 0 radical (unpaired) electrons. The number of ether oxygens (including phenoxy) is 2. The van der Waals surface area contributed by atoms with Crippen molar-refractivity contribution < 1.29 is 23.8 Å². The van der Waals surface area contributed by atoms with Gasteiger partial charge in [0, 0.05) is 6.08 Å². The van der Waals surface area contributed by atoms with Gasteiger partial charge >= 0.3 is 5.97 Å². The van der Waals surface area contributed by atoms with Gasteiger partial charge in [-0.25, -0.2) is 9.18 Å². The molecule has 5 heteroatoms. The first-order chi connectivity index (χ1) is 10.6. The topological polar surface area (TPSA) is 55.8 Å². The van der Waals surface area contributed by atoms with Crippen LogP contribution in [0.1, 0.15) is 11.1 Å². The van der Waals surface area contributed by atoms with Crippen LogP contribution >= 0.6 is 0 Å². The molecule has 0 amide bonds. The minimum absolute atomic E-state index is 0.181. The fraction of sp³-hybridized carbons (Fsp3) is 0.118. The van der Waals surface area contributed by atoms with E-state index < -0.39 is 5.97 Å². The predicted molar refractivity (Wildman–Crippen MR) is 80.4 cm³/mol. The highest BCUT2D eigenvalue weighted by atomic mass is 19.1. The van der Waals surface area contributed by atoms with E-state index >= 15 is 0 Å². The van der Waals surface area contributed by atoms with Crippen LogP contribution in [0, 0.1) is 5.82 Å². The van der Waals surface area contributed by atoms with Crippen LogP contribution in [-0.4, -0.2) is 18.2 Å². The van der Waals surface area contributed by atoms with Crippen molar-refractivity contribution in [2.24, 2.45) is 0 Å². The summed E-state index contributed by atoms with van der Waals surface area (Å²) in [5.41, 5.74) is 1.35. The molecule has 0 saturated heterocycles. The monoisotopic (exact) mass is 302 g/mol. The molecule has 1 N–H and O–H groups in total. The number of rotatable bonds is 6. The van der Waals surface area contributed by atoms with Crippen LogP contribution in [0.25, 0.3) is 6.08 Å². The minimum atomic E-state index is -1.03. The van der Waals surface area contributed by atoms with Crippen molar-refractivity contribution >= 4 is 12.0 Å². The SMILES string of the molecule is COc1ccc(C=CC(=O)O)cc1OCc1cccc(F)c1. The molecule has 2 rings (SSSR count). The number of halogens is 1. The maximum atomic E-state index is 13.1. The number of carboxylic acids is 1. The van der Waals surface area contributed by atoms with Gasteiger partial charge in [-0.05, 0) is 41.5 Å². The highest BCUT2D eigenvalue weighted by Gasteiger charge is 2.06. The molecule has 22 heavy (non-hydrogen) atoms. The van der Waals surface area contributed by atoms with Crippen molar-refractivity contribution in [2.45, 2.75) is 6.61 Å². The highest BCUT2D eigenvalue weighted by Crippen LogP contribution is 2.29. The normalized spacial score (nSPS) is 10.6. The zero-order valence-corrected chi connectivity index (χ0v) is 12.0. The van der Waals surface area contributed by atoms with Crippen molar-refractivity contribution in [1.29, 1.82) is 0 Å². The van der Waals surface area contributed by atoms with Gasteiger partial charge in [-0.3, -0.25) is 0 Å². The number of methoxy groups -OCH3 is 1. The first kappa shape index (κ1) is 15.6. The van der Waals surface area contributed by atoms with Crippen LogP contribution < -0.4 is 9.47 Å². The van der Waals surface area contributed by atoms with Crippen LogP contribution in [0.3, 0.4) is 0 Å². The summed E-state index contributed by atoms with van der Waals surface area (Å²) in [4.78, 5) is 10.5. The first-order valence-corrected chi connectivity index (χ1v) is 6.55. The Morgan fingerprint density at radius 3 is 2.73 bits per heavy atom. The molecule has 0 aliphatic heterocycles. The Morgan fingerprint density at radius 2 is 2.05 bits per heavy atom. The number of benzene rings is 2. The standard InChI is InChI=1S/C17H15FO4/c1-21-15-7-5-12(6-8-17(19)20)10-16(15)22-11-13-3-2-4-14(18)9-13/h2-10H,11H2,1H3,(H,19,20). The first-order valence-electron chi connectivity index (χ1n) is 6.55. The van der Waals surface area contributed by atoms with Crippen molar-refractivity contribution in [1.82, 2.24) is 0 Å². The van der Waals surface area contributed by atoms with E-state index in [2.05, 4.69) is 0 Å². The highest BCUT2D eigenvalue weighted by molar-refractivity contribution is 5.85. The number of aliphatic carboxylic acids is 1. The van der Waals surface area contributed by atoms with Gasteiger partial charge in [0.2, 0.25) is 0 Å². The van der Waals surface area contributed by atoms with E-state index in [-0.39, 0.29) is 12.4 Å². The lowest BCUT2D eigenvalue weighted by Crippen LogP contribution is -1.98. The van der Waals surface area contributed by atoms with E-state index in [1.165, 1.54) is 25.3 Å². The fourth-order valence-electron chi connectivity index (χ4n) is 1.87. The van der Waals surface area contributed by atoms with Crippen molar-refractivity contribution in [3.05, 3.63) is 65.5 Å². The molecule has 114 valence electrons. The average Bonchev–Trinajstić information content (AvgIpc) is 2.51. The van der Waals surface area contributed by atoms with Gasteiger partial charge in [-0.15, -0.1) is 0 Å². The maximum Gasteiger partial charge on any atom is 0.328 e. The largest absolute Gasteiger partial charge is 0.493 e. The molecule has 0 fully saturated rings. The predicted octanol–water partition coefficient (Wildman–Crippen LogP) is 3.51. The second kappa shape index (κ2) is 7.26. The van der Waals surface area contributed by atoms with Gasteiger partial charge < -0.3 is 14.6 Å². The molecule has 0 aromatic heterocycles. The molecular formula is C17H15FO4. The Hall–Kier alpha value is -2.82. The molecule has 0 atom stereocenters. The van der Waals surface area contributed by atoms with Crippen molar-refractivity contribution in [3.8, 4) is 11.5 Å². The Bertz CT molecular complexity index is 695. The Labute approximate surface area is 127 Å². The van der Waals surface area contributed by atoms with Crippen LogP contribution in [0.2, 0.25) is 0 Å². The Balaban J connectivity index is 2.17. The summed E-state index contributed by atoms with van der Waals surface area (Å²) in [6.45, 7) is 0.181. The summed E-state index contributed by atoms with van der Waals surface area (Å²) in [6.07, 6.45) is 2.50. The summed E-state index contributed by atoms with van der Waals surface area (Å²) >= 11 is 0. The van der Waals surface area contributed by atoms with E-state index in [1.807, 2.05) is 0 Å². The van der Waals surface area contributed by atoms with Crippen LogP contribution in [-0.2, 0) is 11.4 Å². The van der Waals surface area contributed by atoms with Crippen LogP contribution in [0.15, 0.2) is 48.5 Å².